The van der Waals surface area contributed by atoms with E-state index in [4.69, 9.17) is 0 Å². The number of ether oxygens (including phenoxy) is 1. The van der Waals surface area contributed by atoms with Crippen LogP contribution in [0.25, 0.3) is 0 Å². The second kappa shape index (κ2) is 20.8. The van der Waals surface area contributed by atoms with E-state index < -0.39 is 0 Å². The Morgan fingerprint density at radius 3 is 1.40 bits per heavy atom. The molecule has 0 aromatic heterocycles. The number of unbranched alkanes of at least 4 members (excludes halogenated alkanes) is 10. The molecule has 0 aliphatic rings. The van der Waals surface area contributed by atoms with Gasteiger partial charge in [-0.05, 0) is 6.42 Å². The summed E-state index contributed by atoms with van der Waals surface area (Å²) in [7, 11) is 1.45. The van der Waals surface area contributed by atoms with Crippen LogP contribution in [0, 0.1) is 0 Å². The molecule has 0 aromatic carbocycles. The van der Waals surface area contributed by atoms with E-state index in [0.29, 0.717) is 6.42 Å². The number of rotatable bonds is 12. The van der Waals surface area contributed by atoms with Gasteiger partial charge in [0, 0.05) is 6.42 Å². The van der Waals surface area contributed by atoms with Gasteiger partial charge >= 0.3 is 5.97 Å². The van der Waals surface area contributed by atoms with Crippen LogP contribution < -0.4 is 0 Å². The zero-order chi connectivity index (χ0) is 15.5. The molecule has 0 aliphatic heterocycles. The number of carbonyl (C=O) groups is 1. The van der Waals surface area contributed by atoms with Crippen molar-refractivity contribution in [3.05, 3.63) is 0 Å². The highest BCUT2D eigenvalue weighted by Gasteiger charge is 1.98. The highest BCUT2D eigenvalue weighted by atomic mass is 16.5. The number of carbonyl (C=O) groups excluding carboxylic acids is 1. The molecule has 0 saturated heterocycles. The molecular weight excluding hydrogens is 248 g/mol. The lowest BCUT2D eigenvalue weighted by Gasteiger charge is -2.00. The topological polar surface area (TPSA) is 26.3 Å². The van der Waals surface area contributed by atoms with Crippen molar-refractivity contribution in [1.29, 1.82) is 0 Å². The van der Waals surface area contributed by atoms with Crippen molar-refractivity contribution in [2.45, 2.75) is 104 Å². The summed E-state index contributed by atoms with van der Waals surface area (Å²) in [6.45, 7) is 6.70. The maximum atomic E-state index is 10.8. The summed E-state index contributed by atoms with van der Waals surface area (Å²) in [6, 6.07) is 0. The van der Waals surface area contributed by atoms with Gasteiger partial charge in [0.25, 0.3) is 0 Å². The van der Waals surface area contributed by atoms with Gasteiger partial charge in [0.2, 0.25) is 0 Å². The molecule has 0 spiro atoms. The summed E-state index contributed by atoms with van der Waals surface area (Å²) in [5.74, 6) is -0.0732. The second-order valence-corrected chi connectivity index (χ2v) is 5.51. The fourth-order valence-electron chi connectivity index (χ4n) is 2.01. The molecule has 0 aromatic rings. The number of hydrogen-bond donors (Lipinski definition) is 0. The van der Waals surface area contributed by atoms with Crippen molar-refractivity contribution in [2.24, 2.45) is 0 Å². The highest BCUT2D eigenvalue weighted by molar-refractivity contribution is 5.68. The molecule has 0 rings (SSSR count). The zero-order valence-corrected chi connectivity index (χ0v) is 14.5. The first-order chi connectivity index (χ1) is 9.72. The monoisotopic (exact) mass is 286 g/mol. The predicted octanol–water partition coefficient (Wildman–Crippen LogP) is 6.28. The second-order valence-electron chi connectivity index (χ2n) is 5.51. The van der Waals surface area contributed by atoms with Gasteiger partial charge in [-0.3, -0.25) is 4.79 Å². The largest absolute Gasteiger partial charge is 0.469 e. The first-order valence-electron chi connectivity index (χ1n) is 8.79. The molecule has 2 heteroatoms. The molecule has 0 bridgehead atoms. The van der Waals surface area contributed by atoms with E-state index in [1.165, 1.54) is 77.7 Å². The van der Waals surface area contributed by atoms with Crippen molar-refractivity contribution in [2.75, 3.05) is 7.11 Å². The Bertz CT molecular complexity index is 174. The minimum Gasteiger partial charge on any atom is -0.469 e. The summed E-state index contributed by atoms with van der Waals surface area (Å²) in [4.78, 5) is 10.8. The Hall–Kier alpha value is -0.530. The average Bonchev–Trinajstić information content (AvgIpc) is 2.48. The Balaban J connectivity index is 0. The van der Waals surface area contributed by atoms with Crippen LogP contribution in [0.15, 0.2) is 0 Å². The molecule has 0 heterocycles. The van der Waals surface area contributed by atoms with Crippen LogP contribution in [0.5, 0.6) is 0 Å². The molecule has 2 nitrogen and oxygen atoms in total. The third-order valence-corrected chi connectivity index (χ3v) is 3.42. The normalized spacial score (nSPS) is 9.80. The first-order valence-corrected chi connectivity index (χ1v) is 8.79. The van der Waals surface area contributed by atoms with E-state index in [-0.39, 0.29) is 5.97 Å². The van der Waals surface area contributed by atoms with Crippen LogP contribution in [0.4, 0.5) is 0 Å². The van der Waals surface area contributed by atoms with Crippen molar-refractivity contribution in [3.8, 4) is 0 Å². The van der Waals surface area contributed by atoms with E-state index in [9.17, 15) is 4.79 Å². The fourth-order valence-corrected chi connectivity index (χ4v) is 2.01. The average molecular weight is 286 g/mol. The number of esters is 1. The molecule has 0 aliphatic carbocycles. The summed E-state index contributed by atoms with van der Waals surface area (Å²) >= 11 is 0. The Kier molecular flexibility index (Phi) is 22.6. The van der Waals surface area contributed by atoms with Crippen LogP contribution in [-0.4, -0.2) is 13.1 Å². The lowest BCUT2D eigenvalue weighted by molar-refractivity contribution is -0.140. The van der Waals surface area contributed by atoms with Crippen molar-refractivity contribution >= 4 is 5.97 Å². The van der Waals surface area contributed by atoms with E-state index >= 15 is 0 Å². The molecule has 0 atom stereocenters. The summed E-state index contributed by atoms with van der Waals surface area (Å²) in [6.07, 6.45) is 16.3. The number of methoxy groups -OCH3 is 1. The molecule has 122 valence electrons. The summed E-state index contributed by atoms with van der Waals surface area (Å²) in [5.41, 5.74) is 0. The van der Waals surface area contributed by atoms with E-state index in [0.717, 1.165) is 6.42 Å². The van der Waals surface area contributed by atoms with E-state index in [1.807, 2.05) is 0 Å². The van der Waals surface area contributed by atoms with Gasteiger partial charge in [-0.2, -0.15) is 0 Å². The zero-order valence-electron chi connectivity index (χ0n) is 14.5. The van der Waals surface area contributed by atoms with Crippen molar-refractivity contribution in [3.63, 3.8) is 0 Å². The third-order valence-electron chi connectivity index (χ3n) is 3.42. The highest BCUT2D eigenvalue weighted by Crippen LogP contribution is 2.09. The minimum absolute atomic E-state index is 0.0732. The molecule has 20 heavy (non-hydrogen) atoms. The van der Waals surface area contributed by atoms with Gasteiger partial charge in [-0.15, -0.1) is 0 Å². The fraction of sp³-hybridized carbons (Fsp3) is 0.944. The Morgan fingerprint density at radius 2 is 1.00 bits per heavy atom. The van der Waals surface area contributed by atoms with Crippen LogP contribution in [0.2, 0.25) is 0 Å². The quantitative estimate of drug-likeness (QED) is 0.312. The van der Waals surface area contributed by atoms with Gasteiger partial charge < -0.3 is 4.74 Å². The van der Waals surface area contributed by atoms with Gasteiger partial charge in [-0.25, -0.2) is 0 Å². The third kappa shape index (κ3) is 22.6. The smallest absolute Gasteiger partial charge is 0.305 e. The van der Waals surface area contributed by atoms with Crippen molar-refractivity contribution < 1.29 is 9.53 Å². The maximum Gasteiger partial charge on any atom is 0.305 e. The Labute approximate surface area is 127 Å². The van der Waals surface area contributed by atoms with Gasteiger partial charge in [0.05, 0.1) is 7.11 Å². The molecular formula is C18H38O2. The van der Waals surface area contributed by atoms with Gasteiger partial charge in [0.15, 0.2) is 0 Å². The lowest BCUT2D eigenvalue weighted by Crippen LogP contribution is -1.99. The summed E-state index contributed by atoms with van der Waals surface area (Å²) < 4.78 is 4.57. The first kappa shape index (κ1) is 21.8. The SMILES string of the molecule is CCCCCC.CCCCCCCCCCC(=O)OC. The maximum absolute atomic E-state index is 10.8. The summed E-state index contributed by atoms with van der Waals surface area (Å²) in [5, 5.41) is 0. The molecule has 0 fully saturated rings. The molecule has 0 saturated carbocycles. The molecule has 0 amide bonds. The molecule has 0 N–H and O–H groups in total. The Morgan fingerprint density at radius 1 is 0.650 bits per heavy atom. The van der Waals surface area contributed by atoms with Crippen LogP contribution >= 0.6 is 0 Å². The standard InChI is InChI=1S/C12H24O2.C6H14/c1-3-4-5-6-7-8-9-10-11-12(13)14-2;1-3-5-6-4-2/h3-11H2,1-2H3;3-6H2,1-2H3. The van der Waals surface area contributed by atoms with Gasteiger partial charge in [0.1, 0.15) is 0 Å². The van der Waals surface area contributed by atoms with Gasteiger partial charge in [-0.1, -0.05) is 91.4 Å². The van der Waals surface area contributed by atoms with Crippen molar-refractivity contribution in [1.82, 2.24) is 0 Å². The predicted molar refractivity (Wildman–Crippen MR) is 89.1 cm³/mol. The lowest BCUT2D eigenvalue weighted by atomic mass is 10.1. The molecule has 0 radical (unpaired) electrons. The van der Waals surface area contributed by atoms with Crippen LogP contribution in [-0.2, 0) is 9.53 Å². The minimum atomic E-state index is -0.0732. The van der Waals surface area contributed by atoms with Crippen LogP contribution in [0.1, 0.15) is 104 Å². The molecule has 0 unspecified atom stereocenters. The van der Waals surface area contributed by atoms with Crippen LogP contribution in [0.3, 0.4) is 0 Å². The van der Waals surface area contributed by atoms with E-state index in [1.54, 1.807) is 0 Å². The van der Waals surface area contributed by atoms with E-state index in [2.05, 4.69) is 25.5 Å². The number of hydrogen-bond acceptors (Lipinski definition) is 2.